The number of amides is 1. The summed E-state index contributed by atoms with van der Waals surface area (Å²) in [6.07, 6.45) is 4.87. The van der Waals surface area contributed by atoms with Gasteiger partial charge in [0.2, 0.25) is 5.95 Å². The zero-order chi connectivity index (χ0) is 22.0. The van der Waals surface area contributed by atoms with Crippen molar-refractivity contribution in [2.75, 3.05) is 5.73 Å². The molecule has 0 bridgehead atoms. The van der Waals surface area contributed by atoms with Crippen LogP contribution in [-0.2, 0) is 0 Å². The number of benzene rings is 1. The Hall–Kier alpha value is -4.15. The number of aromatic amines is 1. The first-order chi connectivity index (χ1) is 14.9. The van der Waals surface area contributed by atoms with E-state index in [1.165, 1.54) is 6.20 Å². The molecule has 1 amide bonds. The van der Waals surface area contributed by atoms with Gasteiger partial charge >= 0.3 is 0 Å². The number of primary amides is 1. The number of aromatic nitrogens is 4. The zero-order valence-corrected chi connectivity index (χ0v) is 17.2. The van der Waals surface area contributed by atoms with Gasteiger partial charge in [-0.3, -0.25) is 9.78 Å². The van der Waals surface area contributed by atoms with Gasteiger partial charge in [-0.2, -0.15) is 0 Å². The number of pyridine rings is 1. The molecule has 4 rings (SSSR count). The van der Waals surface area contributed by atoms with E-state index in [0.717, 1.165) is 16.7 Å². The molecule has 7 nitrogen and oxygen atoms in total. The quantitative estimate of drug-likeness (QED) is 0.430. The summed E-state index contributed by atoms with van der Waals surface area (Å²) in [6, 6.07) is 10.7. The van der Waals surface area contributed by atoms with E-state index in [4.69, 9.17) is 23.1 Å². The molecule has 0 atom stereocenters. The number of H-pyrrole nitrogens is 1. The summed E-state index contributed by atoms with van der Waals surface area (Å²) >= 11 is 6.18. The lowest BCUT2D eigenvalue weighted by atomic mass is 10.0. The molecule has 31 heavy (non-hydrogen) atoms. The van der Waals surface area contributed by atoms with Crippen LogP contribution in [0, 0.1) is 18.8 Å². The molecular formula is C23H17ClN6O. The first-order valence-electron chi connectivity index (χ1n) is 9.26. The van der Waals surface area contributed by atoms with Crippen LogP contribution in [0.1, 0.15) is 27.0 Å². The van der Waals surface area contributed by atoms with Gasteiger partial charge in [-0.15, -0.1) is 0 Å². The van der Waals surface area contributed by atoms with Crippen LogP contribution in [0.25, 0.3) is 22.6 Å². The number of nitrogens with zero attached hydrogens (tertiary/aromatic N) is 3. The molecule has 152 valence electrons. The molecule has 0 aliphatic heterocycles. The van der Waals surface area contributed by atoms with Crippen LogP contribution in [0.5, 0.6) is 0 Å². The van der Waals surface area contributed by atoms with E-state index in [2.05, 4.69) is 31.8 Å². The molecule has 3 aromatic heterocycles. The van der Waals surface area contributed by atoms with Gasteiger partial charge in [0, 0.05) is 34.7 Å². The number of nitrogen functional groups attached to an aromatic ring is 1. The van der Waals surface area contributed by atoms with E-state index in [1.807, 2.05) is 19.1 Å². The van der Waals surface area contributed by atoms with Crippen LogP contribution >= 0.6 is 11.6 Å². The number of hydrogen-bond acceptors (Lipinski definition) is 5. The van der Waals surface area contributed by atoms with Crippen molar-refractivity contribution in [3.8, 4) is 34.5 Å². The summed E-state index contributed by atoms with van der Waals surface area (Å²) in [5.41, 5.74) is 16.3. The van der Waals surface area contributed by atoms with Crippen molar-refractivity contribution >= 4 is 23.5 Å². The number of carbonyl (C=O) groups excluding carboxylic acids is 1. The Morgan fingerprint density at radius 1 is 1.16 bits per heavy atom. The molecule has 4 aromatic rings. The average molecular weight is 429 g/mol. The molecule has 1 aromatic carbocycles. The second kappa shape index (κ2) is 8.30. The van der Waals surface area contributed by atoms with Crippen molar-refractivity contribution < 1.29 is 4.79 Å². The molecule has 0 aliphatic carbocycles. The van der Waals surface area contributed by atoms with E-state index in [1.54, 1.807) is 36.7 Å². The van der Waals surface area contributed by atoms with Crippen molar-refractivity contribution in [2.45, 2.75) is 6.92 Å². The molecule has 0 aliphatic rings. The topological polar surface area (TPSA) is 124 Å². The SMILES string of the molecule is Cc1ccc(Cl)cc1-c1[nH]c(-c2nc(N)ncc2C#Cc2cccnc2)cc1C(N)=O. The second-order valence-corrected chi connectivity index (χ2v) is 7.21. The van der Waals surface area contributed by atoms with Crippen molar-refractivity contribution in [1.82, 2.24) is 19.9 Å². The molecular weight excluding hydrogens is 412 g/mol. The summed E-state index contributed by atoms with van der Waals surface area (Å²) in [7, 11) is 0. The highest BCUT2D eigenvalue weighted by Crippen LogP contribution is 2.32. The molecule has 8 heteroatoms. The van der Waals surface area contributed by atoms with Crippen molar-refractivity contribution in [3.63, 3.8) is 0 Å². The van der Waals surface area contributed by atoms with Gasteiger partial charge in [-0.1, -0.05) is 29.5 Å². The van der Waals surface area contributed by atoms with Crippen LogP contribution in [-0.4, -0.2) is 25.8 Å². The number of hydrogen-bond donors (Lipinski definition) is 3. The van der Waals surface area contributed by atoms with Gasteiger partial charge in [-0.25, -0.2) is 9.97 Å². The monoisotopic (exact) mass is 428 g/mol. The van der Waals surface area contributed by atoms with E-state index in [-0.39, 0.29) is 5.95 Å². The third-order valence-corrected chi connectivity index (χ3v) is 4.85. The lowest BCUT2D eigenvalue weighted by Gasteiger charge is -2.07. The largest absolute Gasteiger partial charge is 0.368 e. The minimum absolute atomic E-state index is 0.0811. The van der Waals surface area contributed by atoms with Gasteiger partial charge in [0.15, 0.2) is 0 Å². The summed E-state index contributed by atoms with van der Waals surface area (Å²) in [6.45, 7) is 1.92. The van der Waals surface area contributed by atoms with Crippen molar-refractivity contribution in [2.24, 2.45) is 5.73 Å². The number of anilines is 1. The predicted molar refractivity (Wildman–Crippen MR) is 120 cm³/mol. The third-order valence-electron chi connectivity index (χ3n) is 4.62. The van der Waals surface area contributed by atoms with Gasteiger partial charge in [0.05, 0.1) is 22.5 Å². The molecule has 0 spiro atoms. The smallest absolute Gasteiger partial charge is 0.250 e. The first-order valence-corrected chi connectivity index (χ1v) is 9.64. The van der Waals surface area contributed by atoms with Crippen LogP contribution in [0.3, 0.4) is 0 Å². The standard InChI is InChI=1S/C23H17ClN6O/c1-13-4-7-16(24)9-17(13)21-18(22(25)31)10-19(29-21)20-15(12-28-23(26)30-20)6-5-14-3-2-8-27-11-14/h2-4,7-12,29H,1H3,(H2,25,31)(H2,26,28,30). The second-order valence-electron chi connectivity index (χ2n) is 6.78. The summed E-state index contributed by atoms with van der Waals surface area (Å²) in [5.74, 6) is 5.57. The average Bonchev–Trinajstić information content (AvgIpc) is 3.21. The number of nitrogens with one attached hydrogen (secondary N) is 1. The highest BCUT2D eigenvalue weighted by atomic mass is 35.5. The van der Waals surface area contributed by atoms with E-state index in [0.29, 0.717) is 33.2 Å². The Morgan fingerprint density at radius 3 is 2.74 bits per heavy atom. The fourth-order valence-electron chi connectivity index (χ4n) is 3.12. The first kappa shape index (κ1) is 20.1. The molecule has 0 saturated carbocycles. The molecule has 3 heterocycles. The van der Waals surface area contributed by atoms with Gasteiger partial charge < -0.3 is 16.5 Å². The normalized spacial score (nSPS) is 10.4. The van der Waals surface area contributed by atoms with E-state index < -0.39 is 5.91 Å². The molecule has 5 N–H and O–H groups in total. The van der Waals surface area contributed by atoms with Crippen LogP contribution in [0.4, 0.5) is 5.95 Å². The van der Waals surface area contributed by atoms with E-state index in [9.17, 15) is 4.79 Å². The van der Waals surface area contributed by atoms with Crippen molar-refractivity contribution in [1.29, 1.82) is 0 Å². The Balaban J connectivity index is 1.88. The predicted octanol–water partition coefficient (Wildman–Crippen LogP) is 3.58. The Morgan fingerprint density at radius 2 is 2.00 bits per heavy atom. The maximum absolute atomic E-state index is 12.2. The lowest BCUT2D eigenvalue weighted by molar-refractivity contribution is 0.100. The van der Waals surface area contributed by atoms with Gasteiger partial charge in [0.1, 0.15) is 5.69 Å². The van der Waals surface area contributed by atoms with Crippen LogP contribution in [0.15, 0.2) is 55.0 Å². The number of aryl methyl sites for hydroxylation is 1. The number of rotatable bonds is 3. The van der Waals surface area contributed by atoms with Crippen LogP contribution < -0.4 is 11.5 Å². The molecule has 0 unspecified atom stereocenters. The maximum Gasteiger partial charge on any atom is 0.250 e. The fourth-order valence-corrected chi connectivity index (χ4v) is 3.29. The van der Waals surface area contributed by atoms with Gasteiger partial charge in [0.25, 0.3) is 5.91 Å². The van der Waals surface area contributed by atoms with Gasteiger partial charge in [-0.05, 0) is 42.8 Å². The number of nitrogens with two attached hydrogens (primary N) is 2. The number of carbonyl (C=O) groups is 1. The highest BCUT2D eigenvalue weighted by Gasteiger charge is 2.19. The third kappa shape index (κ3) is 4.25. The molecule has 0 radical (unpaired) electrons. The van der Waals surface area contributed by atoms with Crippen molar-refractivity contribution in [3.05, 3.63) is 82.3 Å². The van der Waals surface area contributed by atoms with Crippen LogP contribution in [0.2, 0.25) is 5.02 Å². The summed E-state index contributed by atoms with van der Waals surface area (Å²) in [4.78, 5) is 27.9. The Labute approximate surface area is 183 Å². The molecule has 0 saturated heterocycles. The Bertz CT molecular complexity index is 1350. The minimum atomic E-state index is -0.582. The zero-order valence-electron chi connectivity index (χ0n) is 16.5. The van der Waals surface area contributed by atoms with E-state index >= 15 is 0 Å². The highest BCUT2D eigenvalue weighted by molar-refractivity contribution is 6.31. The Kier molecular flexibility index (Phi) is 5.39. The maximum atomic E-state index is 12.2. The molecule has 0 fully saturated rings. The number of halogens is 1. The summed E-state index contributed by atoms with van der Waals surface area (Å²) in [5, 5.41) is 0.543. The minimum Gasteiger partial charge on any atom is -0.368 e. The summed E-state index contributed by atoms with van der Waals surface area (Å²) < 4.78 is 0. The fraction of sp³-hybridized carbons (Fsp3) is 0.0435. The lowest BCUT2D eigenvalue weighted by Crippen LogP contribution is -2.11.